The Labute approximate surface area is 121 Å². The minimum absolute atomic E-state index is 0.0114. The van der Waals surface area contributed by atoms with E-state index in [0.29, 0.717) is 12.5 Å². The number of carbonyl (C=O) groups is 1. The fourth-order valence-electron chi connectivity index (χ4n) is 2.71. The second-order valence-electron chi connectivity index (χ2n) is 6.67. The number of carbonyl (C=O) groups excluding carboxylic acids is 1. The average molecular weight is 282 g/mol. The van der Waals surface area contributed by atoms with E-state index >= 15 is 0 Å². The first kappa shape index (κ1) is 15.2. The molecule has 0 aromatic heterocycles. The van der Waals surface area contributed by atoms with Crippen molar-refractivity contribution in [2.24, 2.45) is 11.7 Å². The van der Waals surface area contributed by atoms with Gasteiger partial charge in [0, 0.05) is 19.1 Å². The number of rotatable bonds is 2. The van der Waals surface area contributed by atoms with E-state index in [2.05, 4.69) is 0 Å². The van der Waals surface area contributed by atoms with Crippen LogP contribution in [-0.2, 0) is 9.47 Å². The molecule has 1 fully saturated rings. The number of hydrogen-bond donors (Lipinski definition) is 1. The van der Waals surface area contributed by atoms with E-state index < -0.39 is 5.60 Å². The molecule has 2 aliphatic rings. The first-order valence-corrected chi connectivity index (χ1v) is 7.41. The number of likely N-dealkylation sites (tertiary alicyclic amines) is 1. The summed E-state index contributed by atoms with van der Waals surface area (Å²) in [4.78, 5) is 13.8. The number of nitrogens with zero attached hydrogens (tertiary/aromatic N) is 1. The molecule has 0 aliphatic carbocycles. The highest BCUT2D eigenvalue weighted by Crippen LogP contribution is 2.27. The monoisotopic (exact) mass is 282 g/mol. The molecular weight excluding hydrogens is 256 g/mol. The smallest absolute Gasteiger partial charge is 0.410 e. The molecule has 2 atom stereocenters. The topological polar surface area (TPSA) is 64.8 Å². The molecule has 0 bridgehead atoms. The maximum absolute atomic E-state index is 12.0. The molecule has 2 rings (SSSR count). The van der Waals surface area contributed by atoms with E-state index in [-0.39, 0.29) is 12.1 Å². The zero-order valence-electron chi connectivity index (χ0n) is 12.7. The molecule has 5 heteroatoms. The Hall–Kier alpha value is -1.23. The molecule has 2 heterocycles. The van der Waals surface area contributed by atoms with Crippen LogP contribution in [0.3, 0.4) is 0 Å². The van der Waals surface area contributed by atoms with Crippen molar-refractivity contribution in [1.82, 2.24) is 4.90 Å². The Morgan fingerprint density at radius 2 is 2.30 bits per heavy atom. The summed E-state index contributed by atoms with van der Waals surface area (Å²) in [5.74, 6) is 0.301. The Morgan fingerprint density at radius 1 is 1.55 bits per heavy atom. The SMILES string of the molecule is CC(C)(C)OC(=O)N1CCC(C(N)C2=COCCC2)C1. The van der Waals surface area contributed by atoms with E-state index in [1.807, 2.05) is 27.0 Å². The average Bonchev–Trinajstić information content (AvgIpc) is 2.86. The van der Waals surface area contributed by atoms with E-state index in [1.54, 1.807) is 4.90 Å². The van der Waals surface area contributed by atoms with Gasteiger partial charge in [0.05, 0.1) is 12.9 Å². The van der Waals surface area contributed by atoms with Crippen molar-refractivity contribution >= 4 is 6.09 Å². The molecule has 20 heavy (non-hydrogen) atoms. The standard InChI is InChI=1S/C15H26N2O3/c1-15(2,3)20-14(18)17-7-6-11(9-17)13(16)12-5-4-8-19-10-12/h10-11,13H,4-9,16H2,1-3H3. The molecule has 2 N–H and O–H groups in total. The van der Waals surface area contributed by atoms with Gasteiger partial charge in [-0.15, -0.1) is 0 Å². The van der Waals surface area contributed by atoms with E-state index in [0.717, 1.165) is 32.4 Å². The second kappa shape index (κ2) is 6.04. The van der Waals surface area contributed by atoms with Gasteiger partial charge < -0.3 is 20.1 Å². The van der Waals surface area contributed by atoms with Gasteiger partial charge in [0.2, 0.25) is 0 Å². The molecular formula is C15H26N2O3. The van der Waals surface area contributed by atoms with Gasteiger partial charge in [0.15, 0.2) is 0 Å². The van der Waals surface area contributed by atoms with Gasteiger partial charge in [-0.3, -0.25) is 0 Å². The van der Waals surface area contributed by atoms with Gasteiger partial charge in [-0.25, -0.2) is 4.79 Å². The number of amides is 1. The van der Waals surface area contributed by atoms with Gasteiger partial charge in [0.1, 0.15) is 5.60 Å². The fourth-order valence-corrected chi connectivity index (χ4v) is 2.71. The number of hydrogen-bond acceptors (Lipinski definition) is 4. The Balaban J connectivity index is 1.88. The molecule has 0 spiro atoms. The predicted molar refractivity (Wildman–Crippen MR) is 77.2 cm³/mol. The first-order chi connectivity index (χ1) is 9.37. The summed E-state index contributed by atoms with van der Waals surface area (Å²) in [5.41, 5.74) is 7.04. The second-order valence-corrected chi connectivity index (χ2v) is 6.67. The summed E-state index contributed by atoms with van der Waals surface area (Å²) in [7, 11) is 0. The third-order valence-corrected chi connectivity index (χ3v) is 3.77. The van der Waals surface area contributed by atoms with Crippen LogP contribution in [0.2, 0.25) is 0 Å². The molecule has 0 aromatic carbocycles. The summed E-state index contributed by atoms with van der Waals surface area (Å²) >= 11 is 0. The summed E-state index contributed by atoms with van der Waals surface area (Å²) in [6.07, 6.45) is 4.54. The maximum Gasteiger partial charge on any atom is 0.410 e. The largest absolute Gasteiger partial charge is 0.501 e. The highest BCUT2D eigenvalue weighted by Gasteiger charge is 2.34. The summed E-state index contributed by atoms with van der Waals surface area (Å²) in [5, 5.41) is 0. The number of ether oxygens (including phenoxy) is 2. The maximum atomic E-state index is 12.0. The van der Waals surface area contributed by atoms with Crippen molar-refractivity contribution in [2.75, 3.05) is 19.7 Å². The first-order valence-electron chi connectivity index (χ1n) is 7.41. The summed E-state index contributed by atoms with van der Waals surface area (Å²) in [6.45, 7) is 7.83. The zero-order chi connectivity index (χ0) is 14.8. The highest BCUT2D eigenvalue weighted by atomic mass is 16.6. The minimum Gasteiger partial charge on any atom is -0.501 e. The van der Waals surface area contributed by atoms with Crippen LogP contribution in [0.15, 0.2) is 11.8 Å². The van der Waals surface area contributed by atoms with Crippen molar-refractivity contribution in [3.05, 3.63) is 11.8 Å². The molecule has 0 aromatic rings. The fraction of sp³-hybridized carbons (Fsp3) is 0.800. The van der Waals surface area contributed by atoms with Crippen LogP contribution in [0.25, 0.3) is 0 Å². The van der Waals surface area contributed by atoms with Gasteiger partial charge >= 0.3 is 6.09 Å². The quantitative estimate of drug-likeness (QED) is 0.843. The lowest BCUT2D eigenvalue weighted by atomic mass is 9.90. The van der Waals surface area contributed by atoms with Crippen molar-refractivity contribution in [1.29, 1.82) is 0 Å². The van der Waals surface area contributed by atoms with Crippen LogP contribution in [0.4, 0.5) is 4.79 Å². The lowest BCUT2D eigenvalue weighted by Gasteiger charge is -2.26. The van der Waals surface area contributed by atoms with Crippen LogP contribution in [0.5, 0.6) is 0 Å². The summed E-state index contributed by atoms with van der Waals surface area (Å²) in [6, 6.07) is -0.0114. The van der Waals surface area contributed by atoms with E-state index in [9.17, 15) is 4.79 Å². The van der Waals surface area contributed by atoms with Gasteiger partial charge in [-0.2, -0.15) is 0 Å². The third kappa shape index (κ3) is 3.88. The highest BCUT2D eigenvalue weighted by molar-refractivity contribution is 5.68. The lowest BCUT2D eigenvalue weighted by molar-refractivity contribution is 0.0287. The molecule has 114 valence electrons. The summed E-state index contributed by atoms with van der Waals surface area (Å²) < 4.78 is 10.8. The lowest BCUT2D eigenvalue weighted by Crippen LogP contribution is -2.38. The van der Waals surface area contributed by atoms with Gasteiger partial charge in [-0.1, -0.05) is 0 Å². The zero-order valence-corrected chi connectivity index (χ0v) is 12.7. The van der Waals surface area contributed by atoms with Crippen LogP contribution in [-0.4, -0.2) is 42.3 Å². The van der Waals surface area contributed by atoms with Crippen molar-refractivity contribution < 1.29 is 14.3 Å². The van der Waals surface area contributed by atoms with Crippen molar-refractivity contribution in [3.8, 4) is 0 Å². The molecule has 0 radical (unpaired) electrons. The Bertz CT molecular complexity index is 387. The Morgan fingerprint density at radius 3 is 2.90 bits per heavy atom. The molecule has 1 saturated heterocycles. The minimum atomic E-state index is -0.447. The van der Waals surface area contributed by atoms with Gasteiger partial charge in [-0.05, 0) is 51.5 Å². The molecule has 2 unspecified atom stereocenters. The molecule has 1 amide bonds. The van der Waals surface area contributed by atoms with Crippen molar-refractivity contribution in [2.45, 2.75) is 51.7 Å². The number of nitrogens with two attached hydrogens (primary N) is 1. The Kier molecular flexibility index (Phi) is 4.58. The van der Waals surface area contributed by atoms with Crippen LogP contribution in [0.1, 0.15) is 40.0 Å². The molecule has 0 saturated carbocycles. The predicted octanol–water partition coefficient (Wildman–Crippen LogP) is 2.27. The normalized spacial score (nSPS) is 24.9. The third-order valence-electron chi connectivity index (χ3n) is 3.77. The van der Waals surface area contributed by atoms with Crippen LogP contribution < -0.4 is 5.73 Å². The van der Waals surface area contributed by atoms with E-state index in [4.69, 9.17) is 15.2 Å². The van der Waals surface area contributed by atoms with Crippen LogP contribution in [0, 0.1) is 5.92 Å². The van der Waals surface area contributed by atoms with Crippen molar-refractivity contribution in [3.63, 3.8) is 0 Å². The van der Waals surface area contributed by atoms with E-state index in [1.165, 1.54) is 5.57 Å². The van der Waals surface area contributed by atoms with Crippen LogP contribution >= 0.6 is 0 Å². The molecule has 5 nitrogen and oxygen atoms in total. The molecule has 2 aliphatic heterocycles. The van der Waals surface area contributed by atoms with Gasteiger partial charge in [0.25, 0.3) is 0 Å².